The van der Waals surface area contributed by atoms with Crippen molar-refractivity contribution in [1.29, 1.82) is 0 Å². The van der Waals surface area contributed by atoms with Crippen LogP contribution in [-0.2, 0) is 20.4 Å². The third-order valence-electron chi connectivity index (χ3n) is 4.14. The fourth-order valence-corrected chi connectivity index (χ4v) is 2.92. The number of esters is 1. The molecule has 1 fully saturated rings. The number of hydrogen-bond donors (Lipinski definition) is 0. The topological polar surface area (TPSA) is 55.8 Å². The number of benzene rings is 1. The van der Waals surface area contributed by atoms with E-state index in [1.54, 1.807) is 0 Å². The summed E-state index contributed by atoms with van der Waals surface area (Å²) < 4.78 is 48.2. The Hall–Kier alpha value is -2.25. The Morgan fingerprint density at radius 3 is 2.50 bits per heavy atom. The number of carbonyl (C=O) groups is 2. The standard InChI is InChI=1S/C16H18F3NO4/c1-23-14(21)11-6-7-20(15(22)24-2)13(9-11)10-4-3-5-12(8-10)16(17,18)19/h3-5,8,11,13H,6-7,9H2,1-2H3. The van der Waals surface area contributed by atoms with E-state index >= 15 is 0 Å². The summed E-state index contributed by atoms with van der Waals surface area (Å²) in [6.45, 7) is 0.202. The van der Waals surface area contributed by atoms with Gasteiger partial charge in [0, 0.05) is 6.54 Å². The lowest BCUT2D eigenvalue weighted by atomic mass is 9.87. The third-order valence-corrected chi connectivity index (χ3v) is 4.14. The van der Waals surface area contributed by atoms with Crippen molar-refractivity contribution < 1.29 is 32.2 Å². The second-order valence-corrected chi connectivity index (χ2v) is 5.55. The number of rotatable bonds is 2. The van der Waals surface area contributed by atoms with Crippen molar-refractivity contribution in [3.05, 3.63) is 35.4 Å². The molecule has 0 saturated carbocycles. The van der Waals surface area contributed by atoms with E-state index in [-0.39, 0.29) is 13.0 Å². The monoisotopic (exact) mass is 345 g/mol. The Labute approximate surface area is 137 Å². The van der Waals surface area contributed by atoms with Crippen molar-refractivity contribution in [2.75, 3.05) is 20.8 Å². The summed E-state index contributed by atoms with van der Waals surface area (Å²) >= 11 is 0. The van der Waals surface area contributed by atoms with E-state index in [0.29, 0.717) is 12.0 Å². The lowest BCUT2D eigenvalue weighted by Crippen LogP contribution is -2.42. The first-order valence-electron chi connectivity index (χ1n) is 7.37. The summed E-state index contributed by atoms with van der Waals surface area (Å²) in [5, 5.41) is 0. The number of amides is 1. The molecule has 5 nitrogen and oxygen atoms in total. The molecule has 132 valence electrons. The van der Waals surface area contributed by atoms with Crippen molar-refractivity contribution in [1.82, 2.24) is 4.90 Å². The number of ether oxygens (including phenoxy) is 2. The highest BCUT2D eigenvalue weighted by molar-refractivity contribution is 5.74. The van der Waals surface area contributed by atoms with E-state index in [9.17, 15) is 22.8 Å². The number of halogens is 3. The Morgan fingerprint density at radius 2 is 1.92 bits per heavy atom. The Morgan fingerprint density at radius 1 is 1.21 bits per heavy atom. The number of carbonyl (C=O) groups excluding carboxylic acids is 2. The van der Waals surface area contributed by atoms with Crippen molar-refractivity contribution in [2.45, 2.75) is 25.1 Å². The Bertz CT molecular complexity index is 618. The molecule has 1 saturated heterocycles. The van der Waals surface area contributed by atoms with Gasteiger partial charge < -0.3 is 14.4 Å². The molecule has 1 aliphatic rings. The van der Waals surface area contributed by atoms with Gasteiger partial charge in [0.05, 0.1) is 31.7 Å². The maximum atomic E-state index is 12.9. The fourth-order valence-electron chi connectivity index (χ4n) is 2.92. The minimum absolute atomic E-state index is 0.184. The average molecular weight is 345 g/mol. The van der Waals surface area contributed by atoms with E-state index in [2.05, 4.69) is 0 Å². The number of likely N-dealkylation sites (tertiary alicyclic amines) is 1. The lowest BCUT2D eigenvalue weighted by molar-refractivity contribution is -0.147. The molecule has 0 aliphatic carbocycles. The van der Waals surface area contributed by atoms with Gasteiger partial charge in [-0.2, -0.15) is 13.2 Å². The minimum atomic E-state index is -4.48. The van der Waals surface area contributed by atoms with Crippen LogP contribution in [0.25, 0.3) is 0 Å². The van der Waals surface area contributed by atoms with E-state index in [1.807, 2.05) is 0 Å². The van der Waals surface area contributed by atoms with Crippen LogP contribution in [0.5, 0.6) is 0 Å². The number of methoxy groups -OCH3 is 2. The fraction of sp³-hybridized carbons (Fsp3) is 0.500. The van der Waals surface area contributed by atoms with Gasteiger partial charge in [0.25, 0.3) is 0 Å². The zero-order chi connectivity index (χ0) is 17.9. The highest BCUT2D eigenvalue weighted by atomic mass is 19.4. The van der Waals surface area contributed by atoms with E-state index in [4.69, 9.17) is 9.47 Å². The normalized spacial score (nSPS) is 21.3. The van der Waals surface area contributed by atoms with Crippen molar-refractivity contribution >= 4 is 12.1 Å². The first-order chi connectivity index (χ1) is 11.3. The van der Waals surface area contributed by atoms with Crippen LogP contribution in [0.15, 0.2) is 24.3 Å². The summed E-state index contributed by atoms with van der Waals surface area (Å²) in [6.07, 6.45) is -4.57. The number of piperidine rings is 1. The molecular formula is C16H18F3NO4. The van der Waals surface area contributed by atoms with Crippen molar-refractivity contribution in [3.63, 3.8) is 0 Å². The highest BCUT2D eigenvalue weighted by Crippen LogP contribution is 2.37. The van der Waals surface area contributed by atoms with Crippen molar-refractivity contribution in [3.8, 4) is 0 Å². The highest BCUT2D eigenvalue weighted by Gasteiger charge is 2.38. The molecule has 0 radical (unpaired) electrons. The Kier molecular flexibility index (Phi) is 5.36. The molecule has 2 atom stereocenters. The van der Waals surface area contributed by atoms with Crippen molar-refractivity contribution in [2.24, 2.45) is 5.92 Å². The van der Waals surface area contributed by atoms with E-state index in [1.165, 1.54) is 31.3 Å². The minimum Gasteiger partial charge on any atom is -0.469 e. The largest absolute Gasteiger partial charge is 0.469 e. The molecule has 0 spiro atoms. The van der Waals surface area contributed by atoms with Crippen LogP contribution in [0.1, 0.15) is 30.0 Å². The maximum absolute atomic E-state index is 12.9. The quantitative estimate of drug-likeness (QED) is 0.771. The van der Waals surface area contributed by atoms with E-state index in [0.717, 1.165) is 12.1 Å². The number of nitrogens with zero attached hydrogens (tertiary/aromatic N) is 1. The first kappa shape index (κ1) is 18.1. The molecular weight excluding hydrogens is 327 g/mol. The molecule has 1 aliphatic heterocycles. The molecule has 1 heterocycles. The second kappa shape index (κ2) is 7.11. The van der Waals surface area contributed by atoms with Crippen LogP contribution < -0.4 is 0 Å². The van der Waals surface area contributed by atoms with Crippen LogP contribution in [-0.4, -0.2) is 37.7 Å². The molecule has 0 bridgehead atoms. The van der Waals surface area contributed by atoms with Gasteiger partial charge in [0.15, 0.2) is 0 Å². The third kappa shape index (κ3) is 3.80. The van der Waals surface area contributed by atoms with Gasteiger partial charge in [0.1, 0.15) is 0 Å². The molecule has 2 rings (SSSR count). The van der Waals surface area contributed by atoms with Crippen LogP contribution in [0.4, 0.5) is 18.0 Å². The molecule has 1 amide bonds. The SMILES string of the molecule is COC(=O)C1CCN(C(=O)OC)C(c2cccc(C(F)(F)F)c2)C1. The van der Waals surface area contributed by atoms with E-state index < -0.39 is 35.8 Å². The van der Waals surface area contributed by atoms with Crippen LogP contribution in [0, 0.1) is 5.92 Å². The average Bonchev–Trinajstić information content (AvgIpc) is 2.59. The predicted octanol–water partition coefficient (Wildman–Crippen LogP) is 3.40. The Balaban J connectivity index is 2.36. The van der Waals surface area contributed by atoms with Gasteiger partial charge in [-0.05, 0) is 30.5 Å². The molecule has 24 heavy (non-hydrogen) atoms. The molecule has 1 aromatic rings. The molecule has 8 heteroatoms. The van der Waals surface area contributed by atoms with Crippen LogP contribution >= 0.6 is 0 Å². The summed E-state index contributed by atoms with van der Waals surface area (Å²) in [5.74, 6) is -0.910. The number of hydrogen-bond acceptors (Lipinski definition) is 4. The summed E-state index contributed by atoms with van der Waals surface area (Å²) in [6, 6.07) is 4.08. The van der Waals surface area contributed by atoms with Crippen LogP contribution in [0.2, 0.25) is 0 Å². The summed E-state index contributed by atoms with van der Waals surface area (Å²) in [5.41, 5.74) is -0.492. The zero-order valence-electron chi connectivity index (χ0n) is 13.3. The maximum Gasteiger partial charge on any atom is 0.416 e. The summed E-state index contributed by atoms with van der Waals surface area (Å²) in [4.78, 5) is 25.1. The van der Waals surface area contributed by atoms with Gasteiger partial charge in [-0.15, -0.1) is 0 Å². The lowest BCUT2D eigenvalue weighted by Gasteiger charge is -2.38. The van der Waals surface area contributed by atoms with Gasteiger partial charge in [-0.3, -0.25) is 4.79 Å². The van der Waals surface area contributed by atoms with Gasteiger partial charge >= 0.3 is 18.2 Å². The summed E-state index contributed by atoms with van der Waals surface area (Å²) in [7, 11) is 2.46. The number of alkyl halides is 3. The van der Waals surface area contributed by atoms with Gasteiger partial charge in [0.2, 0.25) is 0 Å². The zero-order valence-corrected chi connectivity index (χ0v) is 13.3. The molecule has 0 N–H and O–H groups in total. The molecule has 0 aromatic heterocycles. The molecule has 1 aromatic carbocycles. The molecule has 2 unspecified atom stereocenters. The predicted molar refractivity (Wildman–Crippen MR) is 78.0 cm³/mol. The first-order valence-corrected chi connectivity index (χ1v) is 7.37. The van der Waals surface area contributed by atoms with Gasteiger partial charge in [-0.25, -0.2) is 4.79 Å². The van der Waals surface area contributed by atoms with Crippen LogP contribution in [0.3, 0.4) is 0 Å². The van der Waals surface area contributed by atoms with Gasteiger partial charge in [-0.1, -0.05) is 12.1 Å². The smallest absolute Gasteiger partial charge is 0.416 e. The second-order valence-electron chi connectivity index (χ2n) is 5.55.